The van der Waals surface area contributed by atoms with E-state index in [2.05, 4.69) is 37.9 Å². The summed E-state index contributed by atoms with van der Waals surface area (Å²) in [4.78, 5) is 2.74. The first-order valence-corrected chi connectivity index (χ1v) is 8.50. The molecule has 0 aromatic heterocycles. The van der Waals surface area contributed by atoms with Crippen molar-refractivity contribution in [1.29, 1.82) is 0 Å². The summed E-state index contributed by atoms with van der Waals surface area (Å²) in [5, 5.41) is 3.77. The monoisotopic (exact) mass is 266 g/mol. The van der Waals surface area contributed by atoms with Crippen LogP contribution in [0.1, 0.15) is 66.2 Å². The predicted octanol–water partition coefficient (Wildman–Crippen LogP) is 3.67. The summed E-state index contributed by atoms with van der Waals surface area (Å²) < 4.78 is 0. The molecule has 1 N–H and O–H groups in total. The summed E-state index contributed by atoms with van der Waals surface area (Å²) >= 11 is 0. The second kappa shape index (κ2) is 6.58. The highest BCUT2D eigenvalue weighted by molar-refractivity contribution is 4.89. The first kappa shape index (κ1) is 15.3. The van der Waals surface area contributed by atoms with Crippen LogP contribution in [0.3, 0.4) is 0 Å². The molecule has 2 heteroatoms. The van der Waals surface area contributed by atoms with E-state index in [-0.39, 0.29) is 0 Å². The molecule has 0 bridgehead atoms. The number of hydrogen-bond donors (Lipinski definition) is 1. The lowest BCUT2D eigenvalue weighted by atomic mass is 9.84. The van der Waals surface area contributed by atoms with E-state index in [0.29, 0.717) is 11.5 Å². The molecular formula is C17H34N2. The second-order valence-corrected chi connectivity index (χ2v) is 7.68. The third kappa shape index (κ3) is 5.43. The highest BCUT2D eigenvalue weighted by atomic mass is 15.2. The van der Waals surface area contributed by atoms with Crippen LogP contribution in [0.4, 0.5) is 0 Å². The predicted molar refractivity (Wildman–Crippen MR) is 83.5 cm³/mol. The van der Waals surface area contributed by atoms with E-state index in [1.807, 2.05) is 0 Å². The number of rotatable bonds is 10. The molecule has 0 saturated heterocycles. The Hall–Kier alpha value is -0.0800. The van der Waals surface area contributed by atoms with E-state index < -0.39 is 0 Å². The fourth-order valence-electron chi connectivity index (χ4n) is 3.09. The van der Waals surface area contributed by atoms with Gasteiger partial charge in [-0.2, -0.15) is 0 Å². The summed E-state index contributed by atoms with van der Waals surface area (Å²) in [6.45, 7) is 13.4. The van der Waals surface area contributed by atoms with Crippen molar-refractivity contribution in [2.45, 2.75) is 78.3 Å². The Morgan fingerprint density at radius 1 is 1.21 bits per heavy atom. The van der Waals surface area contributed by atoms with Gasteiger partial charge in [0, 0.05) is 31.7 Å². The topological polar surface area (TPSA) is 15.3 Å². The summed E-state index contributed by atoms with van der Waals surface area (Å²) in [6.07, 6.45) is 8.39. The quantitative estimate of drug-likeness (QED) is 0.649. The Bertz CT molecular complexity index is 268. The lowest BCUT2D eigenvalue weighted by Crippen LogP contribution is -2.46. The Kier molecular flexibility index (Phi) is 5.30. The zero-order valence-corrected chi connectivity index (χ0v) is 13.5. The molecule has 19 heavy (non-hydrogen) atoms. The van der Waals surface area contributed by atoms with Gasteiger partial charge in [-0.05, 0) is 57.3 Å². The van der Waals surface area contributed by atoms with Crippen LogP contribution in [0.5, 0.6) is 0 Å². The molecule has 2 fully saturated rings. The fraction of sp³-hybridized carbons (Fsp3) is 1.00. The summed E-state index contributed by atoms with van der Waals surface area (Å²) in [5.41, 5.74) is 0.455. The number of nitrogens with one attached hydrogen (secondary N) is 1. The summed E-state index contributed by atoms with van der Waals surface area (Å²) in [7, 11) is 0. The molecule has 112 valence electrons. The van der Waals surface area contributed by atoms with Gasteiger partial charge in [-0.1, -0.05) is 20.3 Å². The highest BCUT2D eigenvalue weighted by Crippen LogP contribution is 2.33. The van der Waals surface area contributed by atoms with Gasteiger partial charge in [0.15, 0.2) is 0 Å². The van der Waals surface area contributed by atoms with Gasteiger partial charge in [0.2, 0.25) is 0 Å². The van der Waals surface area contributed by atoms with Gasteiger partial charge in [0.25, 0.3) is 0 Å². The molecule has 0 amide bonds. The van der Waals surface area contributed by atoms with E-state index in [1.165, 1.54) is 58.2 Å². The standard InChI is InChI=1S/C17H34N2/c1-5-10-17(4,12-18-16-8-9-16)13-19(14(2)3)11-15-6-7-15/h14-16,18H,5-13H2,1-4H3. The van der Waals surface area contributed by atoms with E-state index >= 15 is 0 Å². The molecule has 0 spiro atoms. The maximum absolute atomic E-state index is 3.77. The molecule has 2 saturated carbocycles. The van der Waals surface area contributed by atoms with Crippen molar-refractivity contribution in [2.75, 3.05) is 19.6 Å². The van der Waals surface area contributed by atoms with Gasteiger partial charge >= 0.3 is 0 Å². The molecule has 0 aromatic carbocycles. The van der Waals surface area contributed by atoms with Crippen LogP contribution in [0.2, 0.25) is 0 Å². The third-order valence-corrected chi connectivity index (χ3v) is 4.75. The molecule has 0 heterocycles. The molecular weight excluding hydrogens is 232 g/mol. The normalized spacial score (nSPS) is 23.1. The van der Waals surface area contributed by atoms with Crippen LogP contribution in [-0.4, -0.2) is 36.6 Å². The van der Waals surface area contributed by atoms with Crippen molar-refractivity contribution >= 4 is 0 Å². The molecule has 1 unspecified atom stereocenters. The molecule has 2 rings (SSSR count). The minimum Gasteiger partial charge on any atom is -0.313 e. The van der Waals surface area contributed by atoms with Crippen LogP contribution in [0.15, 0.2) is 0 Å². The van der Waals surface area contributed by atoms with Crippen LogP contribution in [0, 0.1) is 11.3 Å². The molecule has 2 nitrogen and oxygen atoms in total. The van der Waals surface area contributed by atoms with Gasteiger partial charge < -0.3 is 10.2 Å². The van der Waals surface area contributed by atoms with Gasteiger partial charge in [0.1, 0.15) is 0 Å². The maximum Gasteiger partial charge on any atom is 0.00684 e. The van der Waals surface area contributed by atoms with Crippen molar-refractivity contribution in [3.63, 3.8) is 0 Å². The van der Waals surface area contributed by atoms with E-state index in [4.69, 9.17) is 0 Å². The van der Waals surface area contributed by atoms with E-state index in [9.17, 15) is 0 Å². The van der Waals surface area contributed by atoms with Crippen molar-refractivity contribution in [3.8, 4) is 0 Å². The number of nitrogens with zero attached hydrogens (tertiary/aromatic N) is 1. The summed E-state index contributed by atoms with van der Waals surface area (Å²) in [6, 6.07) is 1.53. The SMILES string of the molecule is CCCC(C)(CNC1CC1)CN(CC1CC1)C(C)C. The Balaban J connectivity index is 1.86. The third-order valence-electron chi connectivity index (χ3n) is 4.75. The largest absolute Gasteiger partial charge is 0.313 e. The minimum atomic E-state index is 0.455. The van der Waals surface area contributed by atoms with Gasteiger partial charge in [-0.15, -0.1) is 0 Å². The lowest BCUT2D eigenvalue weighted by Gasteiger charge is -2.38. The lowest BCUT2D eigenvalue weighted by molar-refractivity contribution is 0.117. The Morgan fingerprint density at radius 3 is 2.37 bits per heavy atom. The molecule has 2 aliphatic rings. The van der Waals surface area contributed by atoms with Gasteiger partial charge in [-0.3, -0.25) is 0 Å². The molecule has 2 aliphatic carbocycles. The molecule has 0 radical (unpaired) electrons. The smallest absolute Gasteiger partial charge is 0.00684 e. The molecule has 0 aromatic rings. The van der Waals surface area contributed by atoms with E-state index in [0.717, 1.165) is 12.0 Å². The zero-order chi connectivity index (χ0) is 13.9. The fourth-order valence-corrected chi connectivity index (χ4v) is 3.09. The number of hydrogen-bond acceptors (Lipinski definition) is 2. The molecule has 0 aliphatic heterocycles. The molecule has 1 atom stereocenters. The zero-order valence-electron chi connectivity index (χ0n) is 13.5. The maximum atomic E-state index is 3.77. The average molecular weight is 266 g/mol. The first-order valence-electron chi connectivity index (χ1n) is 8.50. The van der Waals surface area contributed by atoms with Crippen LogP contribution in [-0.2, 0) is 0 Å². The average Bonchev–Trinajstić information content (AvgIpc) is 3.21. The van der Waals surface area contributed by atoms with Crippen molar-refractivity contribution < 1.29 is 0 Å². The van der Waals surface area contributed by atoms with Crippen LogP contribution < -0.4 is 5.32 Å². The van der Waals surface area contributed by atoms with Crippen LogP contribution in [0.25, 0.3) is 0 Å². The van der Waals surface area contributed by atoms with Crippen LogP contribution >= 0.6 is 0 Å². The van der Waals surface area contributed by atoms with Gasteiger partial charge in [-0.25, -0.2) is 0 Å². The first-order chi connectivity index (χ1) is 9.02. The van der Waals surface area contributed by atoms with Crippen molar-refractivity contribution in [3.05, 3.63) is 0 Å². The Morgan fingerprint density at radius 2 is 1.89 bits per heavy atom. The summed E-state index contributed by atoms with van der Waals surface area (Å²) in [5.74, 6) is 1.00. The highest BCUT2D eigenvalue weighted by Gasteiger charge is 2.32. The Labute approximate surface area is 120 Å². The van der Waals surface area contributed by atoms with Gasteiger partial charge in [0.05, 0.1) is 0 Å². The van der Waals surface area contributed by atoms with Crippen molar-refractivity contribution in [2.24, 2.45) is 11.3 Å². The van der Waals surface area contributed by atoms with Crippen molar-refractivity contribution in [1.82, 2.24) is 10.2 Å². The minimum absolute atomic E-state index is 0.455. The van der Waals surface area contributed by atoms with E-state index in [1.54, 1.807) is 0 Å². The second-order valence-electron chi connectivity index (χ2n) is 7.68.